The molecule has 1 atom stereocenters. The number of hydrogen-bond acceptors (Lipinski definition) is 2. The van der Waals surface area contributed by atoms with Gasteiger partial charge in [-0.2, -0.15) is 0 Å². The van der Waals surface area contributed by atoms with Crippen molar-refractivity contribution in [2.75, 3.05) is 0 Å². The first-order valence-electron chi connectivity index (χ1n) is 9.89. The molecular weight excluding hydrogens is 361 g/mol. The molecule has 0 spiro atoms. The topological polar surface area (TPSA) is 26.3 Å². The van der Waals surface area contributed by atoms with Crippen LogP contribution < -0.4 is 0 Å². The van der Waals surface area contributed by atoms with E-state index in [1.54, 1.807) is 0 Å². The molecule has 0 N–H and O–H groups in total. The zero-order valence-corrected chi connectivity index (χ0v) is 21.8. The highest BCUT2D eigenvalue weighted by Gasteiger charge is 2.64. The molecule has 1 fully saturated rings. The van der Waals surface area contributed by atoms with Gasteiger partial charge in [0.05, 0.1) is 28.9 Å². The molecule has 24 heavy (non-hydrogen) atoms. The van der Waals surface area contributed by atoms with E-state index >= 15 is 0 Å². The fraction of sp³-hybridized carbons (Fsp3) is 0.944. The quantitative estimate of drug-likeness (QED) is 0.382. The van der Waals surface area contributed by atoms with Gasteiger partial charge in [-0.1, -0.05) is 78.2 Å². The Balaban J connectivity index is 3.33. The van der Waals surface area contributed by atoms with Crippen molar-refractivity contribution in [3.63, 3.8) is 0 Å². The van der Waals surface area contributed by atoms with Crippen molar-refractivity contribution in [3.8, 4) is 0 Å². The lowest BCUT2D eigenvalue weighted by molar-refractivity contribution is -0.110. The minimum absolute atomic E-state index is 0.208. The molecule has 0 bridgehead atoms. The van der Waals surface area contributed by atoms with E-state index < -0.39 is 29.6 Å². The van der Waals surface area contributed by atoms with E-state index in [2.05, 4.69) is 58.9 Å². The van der Waals surface area contributed by atoms with E-state index in [1.807, 2.05) is 0 Å². The Morgan fingerprint density at radius 1 is 0.833 bits per heavy atom. The van der Waals surface area contributed by atoms with E-state index in [-0.39, 0.29) is 6.10 Å². The highest BCUT2D eigenvalue weighted by molar-refractivity contribution is 7.87. The third kappa shape index (κ3) is 4.61. The van der Waals surface area contributed by atoms with Crippen LogP contribution in [-0.4, -0.2) is 42.0 Å². The minimum atomic E-state index is -1.83. The zero-order valence-electron chi connectivity index (χ0n) is 17.8. The molecule has 1 rings (SSSR count). The predicted molar refractivity (Wildman–Crippen MR) is 118 cm³/mol. The first-order chi connectivity index (χ1) is 10.8. The molecule has 1 aliphatic rings. The summed E-state index contributed by atoms with van der Waals surface area (Å²) >= 11 is 0. The van der Waals surface area contributed by atoms with Crippen molar-refractivity contribution in [2.45, 2.75) is 104 Å². The van der Waals surface area contributed by atoms with Crippen LogP contribution >= 0.6 is 0 Å². The summed E-state index contributed by atoms with van der Waals surface area (Å²) in [4.78, 5) is 11.5. The second-order valence-corrected chi connectivity index (χ2v) is 50.3. The highest BCUT2D eigenvalue weighted by atomic mass is 29.9. The number of rotatable bonds is 8. The van der Waals surface area contributed by atoms with Gasteiger partial charge in [-0.05, 0) is 18.8 Å². The Hall–Kier alpha value is 0.498. The van der Waals surface area contributed by atoms with Crippen LogP contribution in [0.3, 0.4) is 0 Å². The fourth-order valence-corrected chi connectivity index (χ4v) is 100. The number of aldehydes is 1. The fourth-order valence-electron chi connectivity index (χ4n) is 6.07. The standard InChI is InChI=1S/C18H42O2Si4/c1-21(2,3)24(22(4,5)6,23(7,8)9)20-18(15-16-19)17-13-11-10-12-14-17/h16-18H,10-15H2,1-9H3. The molecule has 0 saturated heterocycles. The Labute approximate surface area is 154 Å². The first-order valence-corrected chi connectivity index (χ1v) is 25.3. The maximum absolute atomic E-state index is 11.5. The Morgan fingerprint density at radius 3 is 1.58 bits per heavy atom. The van der Waals surface area contributed by atoms with E-state index in [0.29, 0.717) is 12.3 Å². The monoisotopic (exact) mass is 402 g/mol. The van der Waals surface area contributed by atoms with Crippen LogP contribution in [0.2, 0.25) is 58.9 Å². The van der Waals surface area contributed by atoms with Gasteiger partial charge in [-0.15, -0.1) is 0 Å². The molecular formula is C18H42O2Si4. The molecule has 0 heterocycles. The third-order valence-electron chi connectivity index (χ3n) is 6.00. The molecule has 1 unspecified atom stereocenters. The lowest BCUT2D eigenvalue weighted by atomic mass is 9.84. The maximum atomic E-state index is 11.5. The van der Waals surface area contributed by atoms with Crippen LogP contribution in [0.5, 0.6) is 0 Å². The van der Waals surface area contributed by atoms with Gasteiger partial charge in [0.25, 0.3) is 0 Å². The molecule has 0 aromatic carbocycles. The number of carbonyl (C=O) groups excluding carboxylic acids is 1. The number of hydrogen-bond donors (Lipinski definition) is 0. The largest absolute Gasteiger partial charge is 0.422 e. The van der Waals surface area contributed by atoms with Gasteiger partial charge in [0.1, 0.15) is 6.29 Å². The Bertz CT molecular complexity index is 376. The SMILES string of the molecule is C[Si](C)(C)[Si](OC(CC=O)C1CCCCC1)([Si](C)(C)C)[Si](C)(C)C. The van der Waals surface area contributed by atoms with Gasteiger partial charge in [0.15, 0.2) is 6.87 Å². The lowest BCUT2D eigenvalue weighted by Gasteiger charge is -2.58. The average molecular weight is 403 g/mol. The van der Waals surface area contributed by atoms with Crippen LogP contribution in [-0.2, 0) is 9.22 Å². The molecule has 0 aromatic heterocycles. The van der Waals surface area contributed by atoms with Gasteiger partial charge in [0, 0.05) is 6.42 Å². The normalized spacial score (nSPS) is 20.0. The summed E-state index contributed by atoms with van der Waals surface area (Å²) in [5.74, 6) is 0.625. The van der Waals surface area contributed by atoms with Crippen LogP contribution in [0.1, 0.15) is 38.5 Å². The van der Waals surface area contributed by atoms with Gasteiger partial charge < -0.3 is 9.22 Å². The molecule has 142 valence electrons. The summed E-state index contributed by atoms with van der Waals surface area (Å²) in [7, 11) is -4.32. The molecule has 6 heteroatoms. The first kappa shape index (κ1) is 22.5. The van der Waals surface area contributed by atoms with Crippen molar-refractivity contribution in [3.05, 3.63) is 0 Å². The van der Waals surface area contributed by atoms with Crippen LogP contribution in [0, 0.1) is 5.92 Å². The summed E-state index contributed by atoms with van der Waals surface area (Å²) in [6.45, 7) is 21.2. The summed E-state index contributed by atoms with van der Waals surface area (Å²) in [5, 5.41) is 0. The van der Waals surface area contributed by atoms with Crippen molar-refractivity contribution in [2.24, 2.45) is 5.92 Å². The van der Waals surface area contributed by atoms with E-state index in [0.717, 1.165) is 6.29 Å². The average Bonchev–Trinajstić information content (AvgIpc) is 2.40. The van der Waals surface area contributed by atoms with Gasteiger partial charge in [-0.25, -0.2) is 0 Å². The van der Waals surface area contributed by atoms with Gasteiger partial charge >= 0.3 is 0 Å². The Morgan fingerprint density at radius 2 is 1.25 bits per heavy atom. The molecule has 2 nitrogen and oxygen atoms in total. The molecule has 0 amide bonds. The van der Waals surface area contributed by atoms with Crippen LogP contribution in [0.15, 0.2) is 0 Å². The minimum Gasteiger partial charge on any atom is -0.422 e. The van der Waals surface area contributed by atoms with Crippen LogP contribution in [0.25, 0.3) is 0 Å². The summed E-state index contributed by atoms with van der Waals surface area (Å²) in [6.07, 6.45) is 8.52. The predicted octanol–water partition coefficient (Wildman–Crippen LogP) is 5.74. The van der Waals surface area contributed by atoms with E-state index in [1.165, 1.54) is 32.1 Å². The zero-order chi connectivity index (χ0) is 18.8. The summed E-state index contributed by atoms with van der Waals surface area (Å²) in [5.41, 5.74) is 0. The number of carbonyl (C=O) groups is 1. The van der Waals surface area contributed by atoms with Crippen molar-refractivity contribution < 1.29 is 9.22 Å². The second-order valence-electron chi connectivity index (χ2n) is 10.9. The molecule has 0 aliphatic heterocycles. The van der Waals surface area contributed by atoms with Crippen molar-refractivity contribution in [1.82, 2.24) is 0 Å². The summed E-state index contributed by atoms with van der Waals surface area (Å²) in [6, 6.07) is 0. The third-order valence-corrected chi connectivity index (χ3v) is 73.6. The molecule has 1 aliphatic carbocycles. The molecule has 0 aromatic rings. The van der Waals surface area contributed by atoms with E-state index in [4.69, 9.17) is 4.43 Å². The van der Waals surface area contributed by atoms with Crippen molar-refractivity contribution >= 4 is 35.9 Å². The van der Waals surface area contributed by atoms with Crippen molar-refractivity contribution in [1.29, 1.82) is 0 Å². The highest BCUT2D eigenvalue weighted by Crippen LogP contribution is 2.41. The smallest absolute Gasteiger partial charge is 0.158 e. The molecule has 1 saturated carbocycles. The van der Waals surface area contributed by atoms with E-state index in [9.17, 15) is 4.79 Å². The second kappa shape index (κ2) is 8.02. The Kier molecular flexibility index (Phi) is 7.54. The molecule has 0 radical (unpaired) electrons. The summed E-state index contributed by atoms with van der Waals surface area (Å²) < 4.78 is 7.40. The van der Waals surface area contributed by atoms with Gasteiger partial charge in [0.2, 0.25) is 0 Å². The lowest BCUT2D eigenvalue weighted by Crippen LogP contribution is -2.85. The van der Waals surface area contributed by atoms with Crippen LogP contribution in [0.4, 0.5) is 0 Å². The van der Waals surface area contributed by atoms with Gasteiger partial charge in [-0.3, -0.25) is 0 Å². The maximum Gasteiger partial charge on any atom is 0.158 e.